The summed E-state index contributed by atoms with van der Waals surface area (Å²) < 4.78 is 10.6. The molecule has 2 N–H and O–H groups in total. The van der Waals surface area contributed by atoms with Crippen LogP contribution >= 0.6 is 23.5 Å². The van der Waals surface area contributed by atoms with Crippen molar-refractivity contribution in [3.05, 3.63) is 0 Å². The lowest BCUT2D eigenvalue weighted by Crippen LogP contribution is -2.31. The number of alkyl carbamates (subject to hydrolysis) is 2. The lowest BCUT2D eigenvalue weighted by molar-refractivity contribution is 0.146. The van der Waals surface area contributed by atoms with Crippen LogP contribution in [0.5, 0.6) is 0 Å². The molecule has 2 amide bonds. The Morgan fingerprint density at radius 2 is 0.804 bits per heavy atom. The molecule has 0 fully saturated rings. The summed E-state index contributed by atoms with van der Waals surface area (Å²) in [5.74, 6) is 4.55. The molecular weight excluding hydrogens is 615 g/mol. The zero-order valence-electron chi connectivity index (χ0n) is 30.5. The molecule has 0 aromatic carbocycles. The average molecular weight is 690 g/mol. The van der Waals surface area contributed by atoms with E-state index in [0.29, 0.717) is 26.3 Å². The monoisotopic (exact) mass is 690 g/mol. The number of hydrogen-bond donors (Lipinski definition) is 2. The van der Waals surface area contributed by atoms with Crippen LogP contribution in [0.2, 0.25) is 0 Å². The smallest absolute Gasteiger partial charge is 0.407 e. The van der Waals surface area contributed by atoms with Gasteiger partial charge in [-0.1, -0.05) is 117 Å². The summed E-state index contributed by atoms with van der Waals surface area (Å²) in [6, 6.07) is 0. The Kier molecular flexibility index (Phi) is 38.0. The van der Waals surface area contributed by atoms with Crippen LogP contribution in [0.1, 0.15) is 155 Å². The molecule has 0 saturated carbocycles. The molecule has 0 rings (SSSR count). The summed E-state index contributed by atoms with van der Waals surface area (Å²) in [4.78, 5) is 26.0. The predicted octanol–water partition coefficient (Wildman–Crippen LogP) is 10.5. The Morgan fingerprint density at radius 3 is 1.17 bits per heavy atom. The van der Waals surface area contributed by atoms with Gasteiger partial charge in [0.05, 0.1) is 13.2 Å². The van der Waals surface area contributed by atoms with Crippen LogP contribution in [0.15, 0.2) is 0 Å². The Morgan fingerprint density at radius 1 is 0.478 bits per heavy atom. The van der Waals surface area contributed by atoms with Crippen LogP contribution in [0, 0.1) is 0 Å². The van der Waals surface area contributed by atoms with Crippen LogP contribution in [0.25, 0.3) is 0 Å². The lowest BCUT2D eigenvalue weighted by atomic mass is 10.1. The molecule has 0 aliphatic heterocycles. The highest BCUT2D eigenvalue weighted by Crippen LogP contribution is 2.13. The predicted molar refractivity (Wildman–Crippen MR) is 204 cm³/mol. The zero-order valence-corrected chi connectivity index (χ0v) is 32.2. The number of nitrogens with zero attached hydrogens (tertiary/aromatic N) is 1. The van der Waals surface area contributed by atoms with Crippen molar-refractivity contribution in [1.29, 1.82) is 0 Å². The largest absolute Gasteiger partial charge is 0.450 e. The SMILES string of the molecule is CCCCCCCCCCCSCCCOC(=O)NCCCN(C)CCCNC(=O)OCCCSCCCCCCCCCCC. The van der Waals surface area contributed by atoms with Crippen molar-refractivity contribution in [3.8, 4) is 0 Å². The summed E-state index contributed by atoms with van der Waals surface area (Å²) in [6.07, 6.45) is 27.6. The van der Waals surface area contributed by atoms with Crippen LogP contribution in [0.3, 0.4) is 0 Å². The second kappa shape index (κ2) is 38.6. The molecule has 0 aliphatic carbocycles. The van der Waals surface area contributed by atoms with Crippen molar-refractivity contribution in [2.75, 3.05) is 69.5 Å². The molecule has 0 aliphatic rings. The van der Waals surface area contributed by atoms with Gasteiger partial charge in [0.2, 0.25) is 0 Å². The molecule has 0 saturated heterocycles. The van der Waals surface area contributed by atoms with Gasteiger partial charge in [0.25, 0.3) is 0 Å². The number of ether oxygens (including phenoxy) is 2. The number of carbonyl (C=O) groups is 2. The maximum absolute atomic E-state index is 11.9. The molecule has 0 unspecified atom stereocenters. The fourth-order valence-corrected chi connectivity index (χ4v) is 7.05. The molecule has 0 aromatic rings. The van der Waals surface area contributed by atoms with E-state index >= 15 is 0 Å². The van der Waals surface area contributed by atoms with Gasteiger partial charge < -0.3 is 25.0 Å². The van der Waals surface area contributed by atoms with E-state index in [1.165, 1.54) is 127 Å². The van der Waals surface area contributed by atoms with Crippen molar-refractivity contribution in [2.45, 2.75) is 155 Å². The summed E-state index contributed by atoms with van der Waals surface area (Å²) in [5, 5.41) is 5.70. The summed E-state index contributed by atoms with van der Waals surface area (Å²) in [7, 11) is 2.06. The van der Waals surface area contributed by atoms with E-state index in [1.54, 1.807) is 0 Å². The van der Waals surface area contributed by atoms with E-state index in [-0.39, 0.29) is 12.2 Å². The van der Waals surface area contributed by atoms with Gasteiger partial charge in [-0.25, -0.2) is 9.59 Å². The first-order valence-corrected chi connectivity index (χ1v) is 21.6. The van der Waals surface area contributed by atoms with Gasteiger partial charge in [0.1, 0.15) is 0 Å². The third-order valence-electron chi connectivity index (χ3n) is 8.09. The van der Waals surface area contributed by atoms with Crippen molar-refractivity contribution < 1.29 is 19.1 Å². The van der Waals surface area contributed by atoms with Crippen molar-refractivity contribution >= 4 is 35.7 Å². The molecule has 0 heterocycles. The summed E-state index contributed by atoms with van der Waals surface area (Å²) in [5.41, 5.74) is 0. The minimum atomic E-state index is -0.313. The zero-order chi connectivity index (χ0) is 33.6. The highest BCUT2D eigenvalue weighted by atomic mass is 32.2. The second-order valence-electron chi connectivity index (χ2n) is 12.7. The van der Waals surface area contributed by atoms with E-state index in [2.05, 4.69) is 36.4 Å². The van der Waals surface area contributed by atoms with Crippen molar-refractivity contribution in [1.82, 2.24) is 15.5 Å². The Balaban J connectivity index is 3.35. The summed E-state index contributed by atoms with van der Waals surface area (Å²) in [6.45, 7) is 8.51. The Hall–Kier alpha value is -0.800. The van der Waals surface area contributed by atoms with Gasteiger partial charge in [-0.15, -0.1) is 0 Å². The van der Waals surface area contributed by atoms with Gasteiger partial charge in [-0.05, 0) is 81.7 Å². The van der Waals surface area contributed by atoms with E-state index in [9.17, 15) is 9.59 Å². The molecule has 0 atom stereocenters. The van der Waals surface area contributed by atoms with Gasteiger partial charge in [0, 0.05) is 13.1 Å². The average Bonchev–Trinajstić information content (AvgIpc) is 3.05. The van der Waals surface area contributed by atoms with Crippen molar-refractivity contribution in [3.63, 3.8) is 0 Å². The first-order chi connectivity index (χ1) is 22.6. The van der Waals surface area contributed by atoms with Gasteiger partial charge in [-0.3, -0.25) is 0 Å². The van der Waals surface area contributed by atoms with Crippen LogP contribution in [-0.4, -0.2) is 86.5 Å². The maximum atomic E-state index is 11.9. The van der Waals surface area contributed by atoms with Crippen LogP contribution < -0.4 is 10.6 Å². The van der Waals surface area contributed by atoms with E-state index in [4.69, 9.17) is 9.47 Å². The van der Waals surface area contributed by atoms with Crippen LogP contribution in [0.4, 0.5) is 9.59 Å². The Bertz CT molecular complexity index is 594. The number of unbranched alkanes of at least 4 members (excludes halogenated alkanes) is 16. The number of thioether (sulfide) groups is 2. The quantitative estimate of drug-likeness (QED) is 0.0634. The number of hydrogen-bond acceptors (Lipinski definition) is 7. The molecule has 7 nitrogen and oxygen atoms in total. The first kappa shape index (κ1) is 45.2. The fraction of sp³-hybridized carbons (Fsp3) is 0.946. The topological polar surface area (TPSA) is 79.9 Å². The number of amides is 2. The Labute approximate surface area is 294 Å². The molecule has 0 bridgehead atoms. The normalized spacial score (nSPS) is 11.2. The molecule has 0 spiro atoms. The number of rotatable bonds is 36. The number of carbonyl (C=O) groups excluding carboxylic acids is 2. The number of nitrogens with one attached hydrogen (secondary N) is 2. The van der Waals surface area contributed by atoms with E-state index in [1.807, 2.05) is 23.5 Å². The third-order valence-corrected chi connectivity index (χ3v) is 10.4. The van der Waals surface area contributed by atoms with E-state index < -0.39 is 0 Å². The highest BCUT2D eigenvalue weighted by molar-refractivity contribution is 7.99. The molecule has 9 heteroatoms. The molecular formula is C37H75N3O4S2. The summed E-state index contributed by atoms with van der Waals surface area (Å²) >= 11 is 3.95. The van der Waals surface area contributed by atoms with Crippen molar-refractivity contribution in [2.24, 2.45) is 0 Å². The third kappa shape index (κ3) is 37.7. The molecule has 46 heavy (non-hydrogen) atoms. The standard InChI is InChI=1S/C37H75N3O4S2/c1-4-6-8-10-12-14-16-18-20-32-45-34-24-30-43-36(41)38-26-22-28-40(3)29-23-27-39-37(42)44-31-25-35-46-33-21-19-17-15-13-11-9-7-5-2/h4-35H2,1-3H3,(H,38,41)(H,39,42). The molecule has 274 valence electrons. The lowest BCUT2D eigenvalue weighted by Gasteiger charge is -2.16. The maximum Gasteiger partial charge on any atom is 0.407 e. The molecule has 0 radical (unpaired) electrons. The van der Waals surface area contributed by atoms with E-state index in [0.717, 1.165) is 50.3 Å². The van der Waals surface area contributed by atoms with Gasteiger partial charge in [0.15, 0.2) is 0 Å². The minimum Gasteiger partial charge on any atom is -0.450 e. The first-order valence-electron chi connectivity index (χ1n) is 19.2. The fourth-order valence-electron chi connectivity index (χ4n) is 5.18. The minimum absolute atomic E-state index is 0.313. The molecule has 0 aromatic heterocycles. The van der Waals surface area contributed by atoms with Gasteiger partial charge in [-0.2, -0.15) is 23.5 Å². The second-order valence-corrected chi connectivity index (χ2v) is 15.2. The van der Waals surface area contributed by atoms with Gasteiger partial charge >= 0.3 is 12.2 Å². The highest BCUT2D eigenvalue weighted by Gasteiger charge is 2.05. The van der Waals surface area contributed by atoms with Crippen LogP contribution in [-0.2, 0) is 9.47 Å².